The van der Waals surface area contributed by atoms with Crippen molar-refractivity contribution in [2.75, 3.05) is 30.7 Å². The van der Waals surface area contributed by atoms with Crippen molar-refractivity contribution in [1.29, 1.82) is 0 Å². The van der Waals surface area contributed by atoms with Crippen molar-refractivity contribution in [3.63, 3.8) is 0 Å². The maximum Gasteiger partial charge on any atom is 0.238 e. The summed E-state index contributed by atoms with van der Waals surface area (Å²) in [6.45, 7) is 4.67. The average Bonchev–Trinajstić information content (AvgIpc) is 2.81. The van der Waals surface area contributed by atoms with Gasteiger partial charge in [-0.1, -0.05) is 24.9 Å². The number of anilines is 2. The lowest BCUT2D eigenvalue weighted by atomic mass is 10.1. The molecule has 19 heavy (non-hydrogen) atoms. The molecule has 1 heterocycles. The van der Waals surface area contributed by atoms with Crippen LogP contribution in [0.2, 0.25) is 5.02 Å². The molecule has 0 saturated carbocycles. The van der Waals surface area contributed by atoms with E-state index in [1.54, 1.807) is 18.2 Å². The summed E-state index contributed by atoms with van der Waals surface area (Å²) in [6.07, 6.45) is 2.38. The number of nitrogens with zero attached hydrogens (tertiary/aromatic N) is 1. The van der Waals surface area contributed by atoms with Crippen LogP contribution in [0.5, 0.6) is 0 Å². The van der Waals surface area contributed by atoms with Crippen LogP contribution in [0.25, 0.3) is 0 Å². The topological polar surface area (TPSA) is 58.4 Å². The molecule has 1 unspecified atom stereocenters. The van der Waals surface area contributed by atoms with E-state index in [4.69, 9.17) is 17.3 Å². The fraction of sp³-hybridized carbons (Fsp3) is 0.500. The molecule has 2 rings (SSSR count). The van der Waals surface area contributed by atoms with E-state index < -0.39 is 0 Å². The van der Waals surface area contributed by atoms with Crippen molar-refractivity contribution in [3.8, 4) is 0 Å². The third-order valence-electron chi connectivity index (χ3n) is 3.59. The van der Waals surface area contributed by atoms with Gasteiger partial charge < -0.3 is 11.1 Å². The van der Waals surface area contributed by atoms with E-state index in [1.807, 2.05) is 0 Å². The molecule has 1 aromatic rings. The Morgan fingerprint density at radius 3 is 3.00 bits per heavy atom. The van der Waals surface area contributed by atoms with Crippen LogP contribution in [0.4, 0.5) is 11.4 Å². The van der Waals surface area contributed by atoms with Crippen LogP contribution in [-0.4, -0.2) is 30.4 Å². The molecule has 1 aliphatic heterocycles. The summed E-state index contributed by atoms with van der Waals surface area (Å²) in [6, 6.07) is 5.13. The third-order valence-corrected chi connectivity index (χ3v) is 3.94. The molecule has 0 aliphatic carbocycles. The standard InChI is InChI=1S/C14H20ClN3O/c1-2-10-5-6-18(8-10)9-14(19)17-11-3-4-12(15)13(16)7-11/h3-4,7,10H,2,5-6,8-9,16H2,1H3,(H,17,19). The van der Waals surface area contributed by atoms with Gasteiger partial charge in [0.1, 0.15) is 0 Å². The van der Waals surface area contributed by atoms with Crippen molar-refractivity contribution in [1.82, 2.24) is 4.90 Å². The molecule has 5 heteroatoms. The van der Waals surface area contributed by atoms with Gasteiger partial charge in [-0.25, -0.2) is 0 Å². The number of rotatable bonds is 4. The predicted octanol–water partition coefficient (Wildman–Crippen LogP) is 2.59. The largest absolute Gasteiger partial charge is 0.397 e. The second-order valence-corrected chi connectivity index (χ2v) is 5.49. The normalized spacial score (nSPS) is 19.6. The average molecular weight is 282 g/mol. The van der Waals surface area contributed by atoms with E-state index in [0.717, 1.165) is 19.0 Å². The lowest BCUT2D eigenvalue weighted by molar-refractivity contribution is -0.117. The SMILES string of the molecule is CCC1CCN(CC(=O)Nc2ccc(Cl)c(N)c2)C1. The van der Waals surface area contributed by atoms with Crippen LogP contribution in [-0.2, 0) is 4.79 Å². The summed E-state index contributed by atoms with van der Waals surface area (Å²) in [5.41, 5.74) is 6.87. The summed E-state index contributed by atoms with van der Waals surface area (Å²) >= 11 is 5.84. The fourth-order valence-corrected chi connectivity index (χ4v) is 2.53. The Morgan fingerprint density at radius 1 is 1.58 bits per heavy atom. The number of nitrogen functional groups attached to an aromatic ring is 1. The number of amides is 1. The maximum atomic E-state index is 11.9. The van der Waals surface area contributed by atoms with Gasteiger partial charge in [0.25, 0.3) is 0 Å². The minimum absolute atomic E-state index is 0.00141. The third kappa shape index (κ3) is 3.85. The van der Waals surface area contributed by atoms with E-state index in [2.05, 4.69) is 17.1 Å². The summed E-state index contributed by atoms with van der Waals surface area (Å²) in [4.78, 5) is 14.1. The van der Waals surface area contributed by atoms with Gasteiger partial charge >= 0.3 is 0 Å². The van der Waals surface area contributed by atoms with Gasteiger partial charge in [0.05, 0.1) is 17.3 Å². The van der Waals surface area contributed by atoms with Crippen molar-refractivity contribution < 1.29 is 4.79 Å². The van der Waals surface area contributed by atoms with Crippen LogP contribution in [0.15, 0.2) is 18.2 Å². The first-order chi connectivity index (χ1) is 9.08. The number of nitrogens with two attached hydrogens (primary N) is 1. The van der Waals surface area contributed by atoms with Gasteiger partial charge in [0.15, 0.2) is 0 Å². The molecule has 1 saturated heterocycles. The second-order valence-electron chi connectivity index (χ2n) is 5.08. The van der Waals surface area contributed by atoms with Crippen molar-refractivity contribution in [3.05, 3.63) is 23.2 Å². The zero-order chi connectivity index (χ0) is 13.8. The summed E-state index contributed by atoms with van der Waals surface area (Å²) in [5, 5.41) is 3.35. The maximum absolute atomic E-state index is 11.9. The Bertz CT molecular complexity index is 464. The van der Waals surface area contributed by atoms with Gasteiger partial charge in [-0.15, -0.1) is 0 Å². The molecule has 1 fully saturated rings. The number of carbonyl (C=O) groups is 1. The van der Waals surface area contributed by atoms with E-state index in [1.165, 1.54) is 12.8 Å². The van der Waals surface area contributed by atoms with Crippen LogP contribution < -0.4 is 11.1 Å². The van der Waals surface area contributed by atoms with Crippen LogP contribution in [0.3, 0.4) is 0 Å². The molecule has 0 radical (unpaired) electrons. The Balaban J connectivity index is 1.86. The van der Waals surface area contributed by atoms with E-state index in [9.17, 15) is 4.79 Å². The summed E-state index contributed by atoms with van der Waals surface area (Å²) in [5.74, 6) is 0.734. The van der Waals surface area contributed by atoms with Gasteiger partial charge in [-0.3, -0.25) is 9.69 Å². The number of hydrogen-bond acceptors (Lipinski definition) is 3. The summed E-state index contributed by atoms with van der Waals surface area (Å²) in [7, 11) is 0. The first-order valence-corrected chi connectivity index (χ1v) is 7.03. The molecular formula is C14H20ClN3O. The first kappa shape index (κ1) is 14.2. The molecule has 0 aromatic heterocycles. The van der Waals surface area contributed by atoms with Gasteiger partial charge in [0, 0.05) is 12.2 Å². The molecule has 1 atom stereocenters. The molecule has 0 spiro atoms. The quantitative estimate of drug-likeness (QED) is 0.834. The van der Waals surface area contributed by atoms with E-state index in [-0.39, 0.29) is 5.91 Å². The number of likely N-dealkylation sites (tertiary alicyclic amines) is 1. The number of hydrogen-bond donors (Lipinski definition) is 2. The molecular weight excluding hydrogens is 262 g/mol. The van der Waals surface area contributed by atoms with E-state index in [0.29, 0.717) is 22.9 Å². The molecule has 1 aromatic carbocycles. The second kappa shape index (κ2) is 6.26. The Hall–Kier alpha value is -1.26. The molecule has 3 N–H and O–H groups in total. The lowest BCUT2D eigenvalue weighted by Crippen LogP contribution is -2.31. The molecule has 4 nitrogen and oxygen atoms in total. The Morgan fingerprint density at radius 2 is 2.37 bits per heavy atom. The minimum Gasteiger partial charge on any atom is -0.397 e. The van der Waals surface area contributed by atoms with Crippen LogP contribution in [0.1, 0.15) is 19.8 Å². The first-order valence-electron chi connectivity index (χ1n) is 6.65. The Kier molecular flexibility index (Phi) is 4.66. The molecule has 104 valence electrons. The number of benzene rings is 1. The van der Waals surface area contributed by atoms with E-state index >= 15 is 0 Å². The smallest absolute Gasteiger partial charge is 0.238 e. The van der Waals surface area contributed by atoms with Crippen molar-refractivity contribution >= 4 is 28.9 Å². The number of halogens is 1. The Labute approximate surface area is 118 Å². The highest BCUT2D eigenvalue weighted by Crippen LogP contribution is 2.22. The highest BCUT2D eigenvalue weighted by atomic mass is 35.5. The fourth-order valence-electron chi connectivity index (χ4n) is 2.41. The number of nitrogens with one attached hydrogen (secondary N) is 1. The van der Waals surface area contributed by atoms with Crippen LogP contribution in [0, 0.1) is 5.92 Å². The zero-order valence-electron chi connectivity index (χ0n) is 11.2. The predicted molar refractivity (Wildman–Crippen MR) is 79.3 cm³/mol. The molecule has 0 bridgehead atoms. The highest BCUT2D eigenvalue weighted by Gasteiger charge is 2.22. The number of carbonyl (C=O) groups excluding carboxylic acids is 1. The molecule has 1 aliphatic rings. The van der Waals surface area contributed by atoms with Gasteiger partial charge in [-0.2, -0.15) is 0 Å². The summed E-state index contributed by atoms with van der Waals surface area (Å²) < 4.78 is 0. The molecule has 1 amide bonds. The monoisotopic (exact) mass is 281 g/mol. The van der Waals surface area contributed by atoms with Crippen LogP contribution >= 0.6 is 11.6 Å². The lowest BCUT2D eigenvalue weighted by Gasteiger charge is -2.15. The highest BCUT2D eigenvalue weighted by molar-refractivity contribution is 6.33. The van der Waals surface area contributed by atoms with Crippen molar-refractivity contribution in [2.45, 2.75) is 19.8 Å². The zero-order valence-corrected chi connectivity index (χ0v) is 11.9. The van der Waals surface area contributed by atoms with Crippen molar-refractivity contribution in [2.24, 2.45) is 5.92 Å². The van der Waals surface area contributed by atoms with Gasteiger partial charge in [0.2, 0.25) is 5.91 Å². The van der Waals surface area contributed by atoms with Gasteiger partial charge in [-0.05, 0) is 37.1 Å². The minimum atomic E-state index is -0.00141.